The predicted molar refractivity (Wildman–Crippen MR) is 296 cm³/mol. The van der Waals surface area contributed by atoms with Crippen LogP contribution in [0.4, 0.5) is 45.5 Å². The largest absolute Gasteiger partial charge is 0.331 e. The van der Waals surface area contributed by atoms with E-state index in [2.05, 4.69) is 307 Å². The van der Waals surface area contributed by atoms with Gasteiger partial charge in [0.05, 0.1) is 5.54 Å². The van der Waals surface area contributed by atoms with Crippen LogP contribution in [-0.2, 0) is 0 Å². The smallest absolute Gasteiger partial charge is 0.0712 e. The number of fused-ring (bicyclic) bond motifs is 3. The molecular formula is C67H51N3. The van der Waals surface area contributed by atoms with Crippen LogP contribution in [0.1, 0.15) is 18.4 Å². The van der Waals surface area contributed by atoms with Crippen LogP contribution in [0.2, 0.25) is 0 Å². The molecule has 0 amide bonds. The van der Waals surface area contributed by atoms with Gasteiger partial charge in [0, 0.05) is 51.4 Å². The van der Waals surface area contributed by atoms with Gasteiger partial charge in [-0.2, -0.15) is 0 Å². The Balaban J connectivity index is 0.893. The van der Waals surface area contributed by atoms with Gasteiger partial charge in [-0.25, -0.2) is 0 Å². The number of hydrogen-bond acceptors (Lipinski definition) is 3. The molecule has 3 heteroatoms. The Bertz CT molecular complexity index is 3360. The highest BCUT2D eigenvalue weighted by Crippen LogP contribution is 2.55. The second-order valence-electron chi connectivity index (χ2n) is 18.4. The molecule has 0 radical (unpaired) electrons. The fourth-order valence-electron chi connectivity index (χ4n) is 10.5. The summed E-state index contributed by atoms with van der Waals surface area (Å²) in [5.41, 5.74) is 19.6. The number of hydrogen-bond donors (Lipinski definition) is 0. The first-order chi connectivity index (χ1) is 34.6. The lowest BCUT2D eigenvalue weighted by Gasteiger charge is -2.39. The van der Waals surface area contributed by atoms with Gasteiger partial charge in [0.2, 0.25) is 0 Å². The van der Waals surface area contributed by atoms with Gasteiger partial charge >= 0.3 is 0 Å². The second kappa shape index (κ2) is 18.3. The molecule has 0 saturated heterocycles. The summed E-state index contributed by atoms with van der Waals surface area (Å²) in [5.74, 6) is 0.235. The van der Waals surface area contributed by atoms with Gasteiger partial charge in [0.15, 0.2) is 0 Å². The molecule has 3 nitrogen and oxygen atoms in total. The number of anilines is 8. The molecule has 0 aromatic heterocycles. The molecule has 1 aliphatic carbocycles. The van der Waals surface area contributed by atoms with Crippen molar-refractivity contribution in [2.24, 2.45) is 0 Å². The summed E-state index contributed by atoms with van der Waals surface area (Å²) in [7, 11) is 0. The molecular weight excluding hydrogens is 847 g/mol. The van der Waals surface area contributed by atoms with Crippen LogP contribution in [0, 0.1) is 0 Å². The molecule has 12 rings (SSSR count). The molecule has 10 aromatic carbocycles. The monoisotopic (exact) mass is 897 g/mol. The molecule has 1 heterocycles. The Kier molecular flexibility index (Phi) is 11.1. The lowest BCUT2D eigenvalue weighted by atomic mass is 9.80. The standard InChI is InChI=1S/C67H51N3/c1-67-47-15-14-24-65(67)64-46-45-63(48-66(64)70(67)62-22-12-5-13-23-62)69(60-41-29-54(30-42-60)51-20-10-4-11-21-51)61-43-33-56(34-44-61)55-31-39-59(40-32-55)68(57-35-25-52(26-36-57)49-16-6-2-7-17-49)58-37-27-53(28-38-58)50-18-8-3-9-19-50/h2-48,65H,1H3. The predicted octanol–water partition coefficient (Wildman–Crippen LogP) is 18.4. The highest BCUT2D eigenvalue weighted by Gasteiger charge is 2.47. The first-order valence-electron chi connectivity index (χ1n) is 24.2. The molecule has 10 aromatic rings. The summed E-state index contributed by atoms with van der Waals surface area (Å²) < 4.78 is 0. The van der Waals surface area contributed by atoms with Crippen LogP contribution >= 0.6 is 0 Å². The van der Waals surface area contributed by atoms with Crippen LogP contribution in [0.25, 0.3) is 44.5 Å². The third-order valence-corrected chi connectivity index (χ3v) is 14.1. The van der Waals surface area contributed by atoms with Crippen LogP contribution in [-0.4, -0.2) is 5.54 Å². The zero-order valence-electron chi connectivity index (χ0n) is 39.1. The lowest BCUT2D eigenvalue weighted by Crippen LogP contribution is -2.41. The van der Waals surface area contributed by atoms with E-state index in [0.717, 1.165) is 45.3 Å². The van der Waals surface area contributed by atoms with Crippen molar-refractivity contribution in [3.63, 3.8) is 0 Å². The molecule has 0 fully saturated rings. The molecule has 0 bridgehead atoms. The fourth-order valence-corrected chi connectivity index (χ4v) is 10.5. The van der Waals surface area contributed by atoms with Gasteiger partial charge in [-0.3, -0.25) is 0 Å². The van der Waals surface area contributed by atoms with Gasteiger partial charge in [-0.1, -0.05) is 200 Å². The molecule has 334 valence electrons. The average molecular weight is 898 g/mol. The molecule has 2 unspecified atom stereocenters. The van der Waals surface area contributed by atoms with Crippen LogP contribution < -0.4 is 14.7 Å². The fraction of sp³-hybridized carbons (Fsp3) is 0.0448. The zero-order chi connectivity index (χ0) is 46.9. The van der Waals surface area contributed by atoms with Gasteiger partial charge in [-0.15, -0.1) is 0 Å². The van der Waals surface area contributed by atoms with Crippen molar-refractivity contribution in [3.8, 4) is 44.5 Å². The Morgan fingerprint density at radius 1 is 0.329 bits per heavy atom. The second-order valence-corrected chi connectivity index (χ2v) is 18.4. The quantitative estimate of drug-likeness (QED) is 0.128. The maximum Gasteiger partial charge on any atom is 0.0712 e. The molecule has 2 aliphatic rings. The number of benzene rings is 10. The van der Waals surface area contributed by atoms with E-state index in [1.807, 2.05) is 0 Å². The third kappa shape index (κ3) is 7.98. The minimum Gasteiger partial charge on any atom is -0.331 e. The first kappa shape index (κ1) is 42.4. The molecule has 0 spiro atoms. The Morgan fingerprint density at radius 2 is 0.643 bits per heavy atom. The third-order valence-electron chi connectivity index (χ3n) is 14.1. The Labute approximate surface area is 411 Å². The number of rotatable bonds is 11. The Morgan fingerprint density at radius 3 is 1.01 bits per heavy atom. The highest BCUT2D eigenvalue weighted by molar-refractivity contribution is 5.87. The number of nitrogens with zero attached hydrogens (tertiary/aromatic N) is 3. The van der Waals surface area contributed by atoms with E-state index in [0.29, 0.717) is 0 Å². The van der Waals surface area contributed by atoms with E-state index >= 15 is 0 Å². The number of para-hydroxylation sites is 1. The SMILES string of the molecule is CC12C=CC=CC1c1ccc(N(c3ccc(-c4ccccc4)cc3)c3ccc(-c4ccc(N(c5ccc(-c6ccccc6)cc5)c5ccc(-c6ccccc6)cc5)cc4)cc3)cc1N2c1ccccc1. The van der Waals surface area contributed by atoms with E-state index in [1.165, 1.54) is 50.3 Å². The zero-order valence-corrected chi connectivity index (χ0v) is 39.1. The minimum absolute atomic E-state index is 0.229. The molecule has 0 saturated carbocycles. The van der Waals surface area contributed by atoms with Gasteiger partial charge in [0.25, 0.3) is 0 Å². The minimum atomic E-state index is -0.229. The average Bonchev–Trinajstić information content (AvgIpc) is 3.70. The molecule has 70 heavy (non-hydrogen) atoms. The van der Waals surface area contributed by atoms with Crippen LogP contribution in [0.5, 0.6) is 0 Å². The van der Waals surface area contributed by atoms with E-state index in [1.54, 1.807) is 0 Å². The van der Waals surface area contributed by atoms with Crippen molar-refractivity contribution in [1.82, 2.24) is 0 Å². The number of allylic oxidation sites excluding steroid dienone is 2. The van der Waals surface area contributed by atoms with E-state index in [4.69, 9.17) is 0 Å². The maximum absolute atomic E-state index is 2.53. The molecule has 2 atom stereocenters. The van der Waals surface area contributed by atoms with Crippen molar-refractivity contribution in [2.75, 3.05) is 14.7 Å². The van der Waals surface area contributed by atoms with E-state index in [9.17, 15) is 0 Å². The van der Waals surface area contributed by atoms with Crippen LogP contribution in [0.3, 0.4) is 0 Å². The topological polar surface area (TPSA) is 9.72 Å². The van der Waals surface area contributed by atoms with Gasteiger partial charge in [0.1, 0.15) is 0 Å². The Hall–Kier alpha value is -8.92. The maximum atomic E-state index is 2.53. The highest BCUT2D eigenvalue weighted by atomic mass is 15.2. The summed E-state index contributed by atoms with van der Waals surface area (Å²) >= 11 is 0. The van der Waals surface area contributed by atoms with E-state index < -0.39 is 0 Å². The normalized spacial score (nSPS) is 15.6. The van der Waals surface area contributed by atoms with Crippen molar-refractivity contribution < 1.29 is 0 Å². The van der Waals surface area contributed by atoms with Crippen LogP contribution in [0.15, 0.2) is 285 Å². The molecule has 1 aliphatic heterocycles. The summed E-state index contributed by atoms with van der Waals surface area (Å²) in [6.07, 6.45) is 9.11. The summed E-state index contributed by atoms with van der Waals surface area (Å²) in [4.78, 5) is 7.26. The van der Waals surface area contributed by atoms with E-state index in [-0.39, 0.29) is 11.5 Å². The van der Waals surface area contributed by atoms with Crippen molar-refractivity contribution in [2.45, 2.75) is 18.4 Å². The van der Waals surface area contributed by atoms with Crippen molar-refractivity contribution in [3.05, 3.63) is 291 Å². The first-order valence-corrected chi connectivity index (χ1v) is 24.2. The lowest BCUT2D eigenvalue weighted by molar-refractivity contribution is 0.542. The van der Waals surface area contributed by atoms with Gasteiger partial charge in [-0.05, 0) is 142 Å². The van der Waals surface area contributed by atoms with Crippen molar-refractivity contribution >= 4 is 45.5 Å². The summed E-state index contributed by atoms with van der Waals surface area (Å²) in [6, 6.07) is 94.4. The summed E-state index contributed by atoms with van der Waals surface area (Å²) in [5, 5.41) is 0. The van der Waals surface area contributed by atoms with Gasteiger partial charge < -0.3 is 14.7 Å². The summed E-state index contributed by atoms with van der Waals surface area (Å²) in [6.45, 7) is 2.36. The van der Waals surface area contributed by atoms with Crippen molar-refractivity contribution in [1.29, 1.82) is 0 Å². The molecule has 0 N–H and O–H groups in total.